The zero-order chi connectivity index (χ0) is 21.1. The minimum atomic E-state index is -0.583. The Morgan fingerprint density at radius 3 is 2.47 bits per heavy atom. The van der Waals surface area contributed by atoms with Gasteiger partial charge in [-0.1, -0.05) is 41.7 Å². The molecule has 0 atom stereocenters. The Morgan fingerprint density at radius 1 is 1.10 bits per heavy atom. The summed E-state index contributed by atoms with van der Waals surface area (Å²) >= 11 is 1.58. The van der Waals surface area contributed by atoms with Crippen LogP contribution in [0.25, 0.3) is 21.8 Å². The highest BCUT2D eigenvalue weighted by Crippen LogP contribution is 2.43. The van der Waals surface area contributed by atoms with Gasteiger partial charge in [0, 0.05) is 24.2 Å². The summed E-state index contributed by atoms with van der Waals surface area (Å²) in [6.07, 6.45) is 0. The van der Waals surface area contributed by atoms with E-state index in [1.54, 1.807) is 17.4 Å². The van der Waals surface area contributed by atoms with Crippen molar-refractivity contribution < 1.29 is 19.0 Å². The van der Waals surface area contributed by atoms with Crippen molar-refractivity contribution >= 4 is 22.2 Å². The summed E-state index contributed by atoms with van der Waals surface area (Å²) in [4.78, 5) is 19.3. The first-order valence-corrected chi connectivity index (χ1v) is 10.4. The molecule has 1 aliphatic heterocycles. The Hall–Kier alpha value is -3.10. The molecule has 2 heterocycles. The van der Waals surface area contributed by atoms with E-state index in [4.69, 9.17) is 24.9 Å². The lowest BCUT2D eigenvalue weighted by atomic mass is 10.1. The van der Waals surface area contributed by atoms with Gasteiger partial charge in [-0.25, -0.2) is 4.98 Å². The Labute approximate surface area is 179 Å². The molecule has 1 amide bonds. The Morgan fingerprint density at radius 2 is 1.83 bits per heavy atom. The molecule has 30 heavy (non-hydrogen) atoms. The van der Waals surface area contributed by atoms with E-state index in [0.717, 1.165) is 39.9 Å². The summed E-state index contributed by atoms with van der Waals surface area (Å²) in [7, 11) is 3.01. The molecule has 0 aliphatic carbocycles. The number of hydrogen-bond acceptors (Lipinski definition) is 7. The summed E-state index contributed by atoms with van der Waals surface area (Å²) < 4.78 is 16.3. The van der Waals surface area contributed by atoms with E-state index < -0.39 is 5.91 Å². The average Bonchev–Trinajstić information content (AvgIpc) is 3.24. The van der Waals surface area contributed by atoms with E-state index in [2.05, 4.69) is 4.90 Å². The third-order valence-electron chi connectivity index (χ3n) is 4.95. The van der Waals surface area contributed by atoms with Crippen molar-refractivity contribution in [3.05, 3.63) is 48.0 Å². The van der Waals surface area contributed by atoms with Gasteiger partial charge in [0.25, 0.3) is 5.91 Å². The fourth-order valence-electron chi connectivity index (χ4n) is 3.47. The second-order valence-electron chi connectivity index (χ2n) is 6.76. The number of rotatable bonds is 6. The van der Waals surface area contributed by atoms with Crippen LogP contribution in [-0.2, 0) is 4.74 Å². The first kappa shape index (κ1) is 20.2. The predicted molar refractivity (Wildman–Crippen MR) is 118 cm³/mol. The largest absolute Gasteiger partial charge is 0.493 e. The van der Waals surface area contributed by atoms with Crippen LogP contribution in [0.15, 0.2) is 42.5 Å². The van der Waals surface area contributed by atoms with Gasteiger partial charge in [0.05, 0.1) is 33.0 Å². The van der Waals surface area contributed by atoms with E-state index in [0.29, 0.717) is 24.7 Å². The molecule has 0 spiro atoms. The van der Waals surface area contributed by atoms with Crippen molar-refractivity contribution in [2.45, 2.75) is 0 Å². The van der Waals surface area contributed by atoms with Gasteiger partial charge in [-0.3, -0.25) is 4.79 Å². The number of thiazole rings is 1. The number of ether oxygens (including phenoxy) is 3. The van der Waals surface area contributed by atoms with Crippen LogP contribution < -0.4 is 20.1 Å². The molecule has 156 valence electrons. The molecule has 0 saturated carbocycles. The third kappa shape index (κ3) is 3.83. The summed E-state index contributed by atoms with van der Waals surface area (Å²) in [5.41, 5.74) is 8.55. The van der Waals surface area contributed by atoms with E-state index >= 15 is 0 Å². The van der Waals surface area contributed by atoms with Crippen LogP contribution in [0, 0.1) is 0 Å². The first-order chi connectivity index (χ1) is 14.6. The second kappa shape index (κ2) is 8.73. The molecule has 1 aromatic heterocycles. The fraction of sp³-hybridized carbons (Fsp3) is 0.273. The molecule has 1 aliphatic rings. The van der Waals surface area contributed by atoms with Gasteiger partial charge in [-0.05, 0) is 12.1 Å². The van der Waals surface area contributed by atoms with Crippen molar-refractivity contribution in [3.8, 4) is 33.3 Å². The van der Waals surface area contributed by atoms with Gasteiger partial charge in [0.1, 0.15) is 15.7 Å². The van der Waals surface area contributed by atoms with Gasteiger partial charge in [0.2, 0.25) is 0 Å². The smallest absolute Gasteiger partial charge is 0.252 e. The standard InChI is InChI=1S/C22H23N3O4S/c1-27-17-13-15(12-16(20(23)26)19(17)28-2)21-24-18(14-6-4-3-5-7-14)22(30-21)25-8-10-29-11-9-25/h3-7,12-13H,8-11H2,1-2H3,(H2,23,26). The van der Waals surface area contributed by atoms with Gasteiger partial charge in [-0.15, -0.1) is 0 Å². The SMILES string of the molecule is COc1cc(-c2nc(-c3ccccc3)c(N3CCOCC3)s2)cc(C(N)=O)c1OC. The maximum Gasteiger partial charge on any atom is 0.252 e. The van der Waals surface area contributed by atoms with Crippen LogP contribution in [-0.4, -0.2) is 51.4 Å². The zero-order valence-corrected chi connectivity index (χ0v) is 17.7. The maximum absolute atomic E-state index is 12.0. The van der Waals surface area contributed by atoms with Crippen molar-refractivity contribution in [2.24, 2.45) is 5.73 Å². The van der Waals surface area contributed by atoms with Crippen LogP contribution >= 0.6 is 11.3 Å². The van der Waals surface area contributed by atoms with Crippen LogP contribution in [0.5, 0.6) is 11.5 Å². The summed E-state index contributed by atoms with van der Waals surface area (Å²) in [5.74, 6) is 0.176. The maximum atomic E-state index is 12.0. The van der Waals surface area contributed by atoms with Crippen LogP contribution in [0.4, 0.5) is 5.00 Å². The number of amides is 1. The number of carbonyl (C=O) groups excluding carboxylic acids is 1. The fourth-order valence-corrected chi connectivity index (χ4v) is 4.60. The Balaban J connectivity index is 1.86. The third-order valence-corrected chi connectivity index (χ3v) is 6.11. The molecule has 7 nitrogen and oxygen atoms in total. The lowest BCUT2D eigenvalue weighted by Gasteiger charge is -2.28. The summed E-state index contributed by atoms with van der Waals surface area (Å²) in [5, 5.41) is 1.86. The minimum absolute atomic E-state index is 0.260. The number of morpholine rings is 1. The molecule has 0 radical (unpaired) electrons. The molecule has 1 saturated heterocycles. The topological polar surface area (TPSA) is 86.9 Å². The lowest BCUT2D eigenvalue weighted by molar-refractivity contribution is 0.0996. The number of anilines is 1. The minimum Gasteiger partial charge on any atom is -0.493 e. The molecular formula is C22H23N3O4S. The number of benzene rings is 2. The molecule has 1 fully saturated rings. The number of nitrogens with zero attached hydrogens (tertiary/aromatic N) is 2. The highest BCUT2D eigenvalue weighted by atomic mass is 32.1. The molecule has 4 rings (SSSR count). The molecular weight excluding hydrogens is 402 g/mol. The normalized spacial score (nSPS) is 13.9. The highest BCUT2D eigenvalue weighted by molar-refractivity contribution is 7.19. The molecule has 8 heteroatoms. The van der Waals surface area contributed by atoms with Crippen molar-refractivity contribution in [1.82, 2.24) is 4.98 Å². The molecule has 2 N–H and O–H groups in total. The predicted octanol–water partition coefficient (Wildman–Crippen LogP) is 3.43. The number of nitrogens with two attached hydrogens (primary N) is 1. The monoisotopic (exact) mass is 425 g/mol. The number of primary amides is 1. The van der Waals surface area contributed by atoms with Crippen LogP contribution in [0.2, 0.25) is 0 Å². The average molecular weight is 426 g/mol. The Kier molecular flexibility index (Phi) is 5.87. The van der Waals surface area contributed by atoms with Crippen molar-refractivity contribution in [2.75, 3.05) is 45.4 Å². The van der Waals surface area contributed by atoms with Gasteiger partial charge < -0.3 is 24.8 Å². The quantitative estimate of drug-likeness (QED) is 0.651. The molecule has 0 bridgehead atoms. The van der Waals surface area contributed by atoms with E-state index in [1.165, 1.54) is 14.2 Å². The summed E-state index contributed by atoms with van der Waals surface area (Å²) in [6.45, 7) is 2.98. The van der Waals surface area contributed by atoms with E-state index in [-0.39, 0.29) is 5.56 Å². The molecule has 0 unspecified atom stereocenters. The van der Waals surface area contributed by atoms with E-state index in [9.17, 15) is 4.79 Å². The lowest BCUT2D eigenvalue weighted by Crippen LogP contribution is -2.35. The summed E-state index contributed by atoms with van der Waals surface area (Å²) in [6, 6.07) is 13.6. The van der Waals surface area contributed by atoms with E-state index in [1.807, 2.05) is 36.4 Å². The molecule has 2 aromatic carbocycles. The van der Waals surface area contributed by atoms with Crippen molar-refractivity contribution in [1.29, 1.82) is 0 Å². The number of carbonyl (C=O) groups is 1. The van der Waals surface area contributed by atoms with Crippen molar-refractivity contribution in [3.63, 3.8) is 0 Å². The molecule has 3 aromatic rings. The van der Waals surface area contributed by atoms with Gasteiger partial charge >= 0.3 is 0 Å². The number of aromatic nitrogens is 1. The van der Waals surface area contributed by atoms with Gasteiger partial charge in [0.15, 0.2) is 11.5 Å². The first-order valence-electron chi connectivity index (χ1n) is 9.57. The van der Waals surface area contributed by atoms with Crippen LogP contribution in [0.1, 0.15) is 10.4 Å². The number of hydrogen-bond donors (Lipinski definition) is 1. The zero-order valence-electron chi connectivity index (χ0n) is 16.9. The Bertz CT molecular complexity index is 1050. The number of methoxy groups -OCH3 is 2. The highest BCUT2D eigenvalue weighted by Gasteiger charge is 2.24. The van der Waals surface area contributed by atoms with Gasteiger partial charge in [-0.2, -0.15) is 0 Å². The second-order valence-corrected chi connectivity index (χ2v) is 7.74. The van der Waals surface area contributed by atoms with Crippen LogP contribution in [0.3, 0.4) is 0 Å².